The molecule has 0 saturated carbocycles. The van der Waals surface area contributed by atoms with E-state index in [1.807, 2.05) is 0 Å². The van der Waals surface area contributed by atoms with Crippen LogP contribution in [-0.4, -0.2) is 4.99 Å². The van der Waals surface area contributed by atoms with E-state index in [-0.39, 0.29) is 5.56 Å². The number of nitrogens with one attached hydrogen (secondary N) is 1. The molecule has 0 unspecified atom stereocenters. The summed E-state index contributed by atoms with van der Waals surface area (Å²) in [5.41, 5.74) is 0.754. The molecule has 0 amide bonds. The first-order valence-corrected chi connectivity index (χ1v) is 4.16. The Bertz CT molecular complexity index is 295. The van der Waals surface area contributed by atoms with Crippen molar-refractivity contribution in [1.82, 2.24) is 0 Å². The van der Waals surface area contributed by atoms with Crippen LogP contribution in [0.15, 0.2) is 24.3 Å². The summed E-state index contributed by atoms with van der Waals surface area (Å²) in [5, 5.41) is 2.86. The molecule has 1 rings (SSSR count). The fourth-order valence-corrected chi connectivity index (χ4v) is 1.03. The zero-order chi connectivity index (χ0) is 9.84. The Morgan fingerprint density at radius 2 is 1.85 bits per heavy atom. The van der Waals surface area contributed by atoms with E-state index in [0.717, 1.165) is 5.69 Å². The molecule has 0 aliphatic carbocycles. The first-order valence-electron chi connectivity index (χ1n) is 3.75. The quantitative estimate of drug-likeness (QED) is 0.736. The summed E-state index contributed by atoms with van der Waals surface area (Å²) in [4.78, 5) is 0.616. The molecule has 4 heteroatoms. The molecule has 0 bridgehead atoms. The molecule has 1 aromatic carbocycles. The minimum absolute atomic E-state index is 0.0209. The van der Waals surface area contributed by atoms with Gasteiger partial charge in [-0.2, -0.15) is 0 Å². The second-order valence-electron chi connectivity index (χ2n) is 2.60. The zero-order valence-electron chi connectivity index (χ0n) is 7.05. The number of alkyl halides is 2. The molecule has 0 atom stereocenters. The second kappa shape index (κ2) is 4.28. The third kappa shape index (κ3) is 3.06. The summed E-state index contributed by atoms with van der Waals surface area (Å²) >= 11 is 4.80. The topological polar surface area (TPSA) is 12.0 Å². The molecular formula is C9H9F2NS. The Balaban J connectivity index is 2.75. The lowest BCUT2D eigenvalue weighted by Gasteiger charge is -2.04. The average Bonchev–Trinajstić information content (AvgIpc) is 2.04. The summed E-state index contributed by atoms with van der Waals surface area (Å²) in [5.74, 6) is 0. The van der Waals surface area contributed by atoms with Crippen LogP contribution in [0.2, 0.25) is 0 Å². The maximum atomic E-state index is 12.1. The van der Waals surface area contributed by atoms with Crippen molar-refractivity contribution in [2.75, 3.05) is 5.32 Å². The molecule has 1 aromatic rings. The fraction of sp³-hybridized carbons (Fsp3) is 0.222. The van der Waals surface area contributed by atoms with Gasteiger partial charge in [0.05, 0.1) is 4.99 Å². The molecule has 0 fully saturated rings. The summed E-state index contributed by atoms with van der Waals surface area (Å²) in [6, 6.07) is 5.92. The van der Waals surface area contributed by atoms with Gasteiger partial charge in [-0.15, -0.1) is 0 Å². The summed E-state index contributed by atoms with van der Waals surface area (Å²) in [7, 11) is 0. The molecule has 0 spiro atoms. The number of rotatable bonds is 2. The van der Waals surface area contributed by atoms with Gasteiger partial charge in [0.2, 0.25) is 0 Å². The van der Waals surface area contributed by atoms with E-state index in [9.17, 15) is 8.78 Å². The maximum absolute atomic E-state index is 12.1. The molecule has 0 aliphatic heterocycles. The zero-order valence-corrected chi connectivity index (χ0v) is 7.87. The lowest BCUT2D eigenvalue weighted by molar-refractivity contribution is 0.151. The molecule has 13 heavy (non-hydrogen) atoms. The van der Waals surface area contributed by atoms with Crippen molar-refractivity contribution in [3.05, 3.63) is 29.8 Å². The third-order valence-electron chi connectivity index (χ3n) is 1.48. The number of hydrogen-bond donors (Lipinski definition) is 1. The highest BCUT2D eigenvalue weighted by Crippen LogP contribution is 2.20. The van der Waals surface area contributed by atoms with Gasteiger partial charge in [-0.3, -0.25) is 0 Å². The van der Waals surface area contributed by atoms with Crippen LogP contribution in [0, 0.1) is 0 Å². The lowest BCUT2D eigenvalue weighted by atomic mass is 10.2. The van der Waals surface area contributed by atoms with Crippen molar-refractivity contribution in [1.29, 1.82) is 0 Å². The molecule has 0 saturated heterocycles. The molecule has 1 nitrogen and oxygen atoms in total. The van der Waals surface area contributed by atoms with Gasteiger partial charge in [0.1, 0.15) is 0 Å². The van der Waals surface area contributed by atoms with Gasteiger partial charge in [0.25, 0.3) is 6.43 Å². The van der Waals surface area contributed by atoms with E-state index < -0.39 is 6.43 Å². The Kier molecular flexibility index (Phi) is 3.31. The molecule has 0 aliphatic rings. The summed E-state index contributed by atoms with van der Waals surface area (Å²) in [6.45, 7) is 1.73. The SMILES string of the molecule is CC(=S)Nc1ccc(C(F)F)cc1. The average molecular weight is 201 g/mol. The van der Waals surface area contributed by atoms with Gasteiger partial charge in [-0.05, 0) is 19.1 Å². The van der Waals surface area contributed by atoms with Gasteiger partial charge < -0.3 is 5.32 Å². The molecule has 70 valence electrons. The lowest BCUT2D eigenvalue weighted by Crippen LogP contribution is -2.02. The standard InChI is InChI=1S/C9H9F2NS/c1-6(13)12-8-4-2-7(3-5-8)9(10)11/h2-5,9H,1H3,(H,12,13). The van der Waals surface area contributed by atoms with Crippen molar-refractivity contribution in [2.24, 2.45) is 0 Å². The Morgan fingerprint density at radius 1 is 1.31 bits per heavy atom. The number of anilines is 1. The molecule has 0 heterocycles. The molecule has 1 N–H and O–H groups in total. The van der Waals surface area contributed by atoms with Gasteiger partial charge >= 0.3 is 0 Å². The van der Waals surface area contributed by atoms with Crippen LogP contribution in [-0.2, 0) is 0 Å². The van der Waals surface area contributed by atoms with Crippen molar-refractivity contribution in [3.8, 4) is 0 Å². The third-order valence-corrected chi connectivity index (χ3v) is 1.59. The highest BCUT2D eigenvalue weighted by atomic mass is 32.1. The minimum atomic E-state index is -2.41. The molecule has 0 aromatic heterocycles. The highest BCUT2D eigenvalue weighted by molar-refractivity contribution is 7.80. The van der Waals surface area contributed by atoms with E-state index >= 15 is 0 Å². The first kappa shape index (κ1) is 10.1. The van der Waals surface area contributed by atoms with E-state index in [2.05, 4.69) is 5.32 Å². The monoisotopic (exact) mass is 201 g/mol. The van der Waals surface area contributed by atoms with Gasteiger partial charge in [0.15, 0.2) is 0 Å². The number of hydrogen-bond acceptors (Lipinski definition) is 1. The Labute approximate surface area is 80.8 Å². The maximum Gasteiger partial charge on any atom is 0.263 e. The van der Waals surface area contributed by atoms with Crippen LogP contribution in [0.4, 0.5) is 14.5 Å². The molecular weight excluding hydrogens is 192 g/mol. The van der Waals surface area contributed by atoms with Crippen LogP contribution in [0.5, 0.6) is 0 Å². The van der Waals surface area contributed by atoms with Crippen LogP contribution in [0.3, 0.4) is 0 Å². The van der Waals surface area contributed by atoms with E-state index in [1.54, 1.807) is 19.1 Å². The number of thiocarbonyl (C=S) groups is 1. The van der Waals surface area contributed by atoms with Gasteiger partial charge in [-0.25, -0.2) is 8.78 Å². The van der Waals surface area contributed by atoms with Crippen LogP contribution in [0.25, 0.3) is 0 Å². The molecule has 0 radical (unpaired) electrons. The van der Waals surface area contributed by atoms with Crippen LogP contribution < -0.4 is 5.32 Å². The fourth-order valence-electron chi connectivity index (χ4n) is 0.915. The predicted octanol–water partition coefficient (Wildman–Crippen LogP) is 3.38. The van der Waals surface area contributed by atoms with Crippen LogP contribution >= 0.6 is 12.2 Å². The highest BCUT2D eigenvalue weighted by Gasteiger charge is 2.05. The largest absolute Gasteiger partial charge is 0.350 e. The van der Waals surface area contributed by atoms with Crippen molar-refractivity contribution in [3.63, 3.8) is 0 Å². The van der Waals surface area contributed by atoms with E-state index in [4.69, 9.17) is 12.2 Å². The van der Waals surface area contributed by atoms with Crippen molar-refractivity contribution >= 4 is 22.9 Å². The van der Waals surface area contributed by atoms with Gasteiger partial charge in [-0.1, -0.05) is 24.4 Å². The Hall–Kier alpha value is -1.03. The number of halogens is 2. The predicted molar refractivity (Wildman–Crippen MR) is 53.3 cm³/mol. The Morgan fingerprint density at radius 3 is 2.23 bits per heavy atom. The summed E-state index contributed by atoms with van der Waals surface area (Å²) in [6.07, 6.45) is -2.41. The number of benzene rings is 1. The van der Waals surface area contributed by atoms with E-state index in [1.165, 1.54) is 12.1 Å². The van der Waals surface area contributed by atoms with Crippen molar-refractivity contribution in [2.45, 2.75) is 13.3 Å². The minimum Gasteiger partial charge on any atom is -0.350 e. The van der Waals surface area contributed by atoms with Gasteiger partial charge in [0, 0.05) is 11.3 Å². The second-order valence-corrected chi connectivity index (χ2v) is 3.22. The normalized spacial score (nSPS) is 10.2. The van der Waals surface area contributed by atoms with E-state index in [0.29, 0.717) is 4.99 Å². The van der Waals surface area contributed by atoms with Crippen molar-refractivity contribution < 1.29 is 8.78 Å². The van der Waals surface area contributed by atoms with Crippen LogP contribution in [0.1, 0.15) is 18.9 Å². The first-order chi connectivity index (χ1) is 6.09. The summed E-state index contributed by atoms with van der Waals surface area (Å²) < 4.78 is 24.2. The smallest absolute Gasteiger partial charge is 0.263 e.